The van der Waals surface area contributed by atoms with Gasteiger partial charge in [0.2, 0.25) is 10.0 Å². The third kappa shape index (κ3) is 3.68. The second kappa shape index (κ2) is 6.39. The van der Waals surface area contributed by atoms with Gasteiger partial charge in [-0.25, -0.2) is 12.8 Å². The minimum absolute atomic E-state index is 0.0174. The molecular weight excluding hydrogens is 345 g/mol. The van der Waals surface area contributed by atoms with Crippen molar-refractivity contribution in [2.75, 3.05) is 17.9 Å². The number of hydrogen-bond acceptors (Lipinski definition) is 4. The zero-order chi connectivity index (χ0) is 16.5. The van der Waals surface area contributed by atoms with E-state index >= 15 is 0 Å². The highest BCUT2D eigenvalue weighted by Gasteiger charge is 2.38. The van der Waals surface area contributed by atoms with Crippen LogP contribution in [0.4, 0.5) is 10.1 Å². The lowest BCUT2D eigenvalue weighted by atomic mass is 10.0. The normalized spacial score (nSPS) is 23.8. The molecule has 1 fully saturated rings. The van der Waals surface area contributed by atoms with Gasteiger partial charge in [0.25, 0.3) is 0 Å². The average molecular weight is 362 g/mol. The molecule has 1 unspecified atom stereocenters. The standard InChI is InChI=1S/C15H17ClFNO4S/c16-13-10-11(17)2-3-14(13)18-23(19,20)12-4-6-15(7-5-12)21-8-1-9-22-15/h2-4,6,10,12,18H,1,5,7-9H2. The van der Waals surface area contributed by atoms with Crippen molar-refractivity contribution in [1.82, 2.24) is 0 Å². The highest BCUT2D eigenvalue weighted by atomic mass is 35.5. The molecule has 1 spiro atoms. The molecule has 1 heterocycles. The average Bonchev–Trinajstić information content (AvgIpc) is 2.51. The highest BCUT2D eigenvalue weighted by Crippen LogP contribution is 2.33. The molecule has 126 valence electrons. The maximum atomic E-state index is 13.0. The molecule has 0 bridgehead atoms. The summed E-state index contributed by atoms with van der Waals surface area (Å²) in [7, 11) is -3.68. The summed E-state index contributed by atoms with van der Waals surface area (Å²) in [6, 6.07) is 3.52. The summed E-state index contributed by atoms with van der Waals surface area (Å²) in [5, 5.41) is -0.702. The van der Waals surface area contributed by atoms with Gasteiger partial charge >= 0.3 is 0 Å². The van der Waals surface area contributed by atoms with E-state index < -0.39 is 26.9 Å². The molecular formula is C15H17ClFNO4S. The fraction of sp³-hybridized carbons (Fsp3) is 0.467. The van der Waals surface area contributed by atoms with Gasteiger partial charge in [0, 0.05) is 6.42 Å². The maximum Gasteiger partial charge on any atom is 0.239 e. The molecule has 1 atom stereocenters. The zero-order valence-electron chi connectivity index (χ0n) is 12.3. The van der Waals surface area contributed by atoms with Crippen LogP contribution >= 0.6 is 11.6 Å². The Bertz CT molecular complexity index is 716. The van der Waals surface area contributed by atoms with Crippen molar-refractivity contribution in [2.24, 2.45) is 0 Å². The predicted molar refractivity (Wildman–Crippen MR) is 85.4 cm³/mol. The second-order valence-electron chi connectivity index (χ2n) is 5.57. The van der Waals surface area contributed by atoms with Crippen molar-refractivity contribution < 1.29 is 22.3 Å². The topological polar surface area (TPSA) is 64.6 Å². The van der Waals surface area contributed by atoms with Crippen LogP contribution in [0, 0.1) is 5.82 Å². The Balaban J connectivity index is 1.74. The van der Waals surface area contributed by atoms with E-state index in [2.05, 4.69) is 4.72 Å². The Labute approximate surface area is 139 Å². The van der Waals surface area contributed by atoms with Crippen LogP contribution in [0.5, 0.6) is 0 Å². The molecule has 23 heavy (non-hydrogen) atoms. The Morgan fingerprint density at radius 1 is 1.30 bits per heavy atom. The van der Waals surface area contributed by atoms with Gasteiger partial charge in [0.1, 0.15) is 5.82 Å². The van der Waals surface area contributed by atoms with E-state index in [0.717, 1.165) is 18.6 Å². The van der Waals surface area contributed by atoms with Gasteiger partial charge in [-0.3, -0.25) is 4.72 Å². The van der Waals surface area contributed by atoms with Gasteiger partial charge in [-0.15, -0.1) is 0 Å². The van der Waals surface area contributed by atoms with Crippen LogP contribution in [0.15, 0.2) is 30.4 Å². The van der Waals surface area contributed by atoms with Crippen LogP contribution in [-0.2, 0) is 19.5 Å². The number of benzene rings is 1. The van der Waals surface area contributed by atoms with Crippen LogP contribution < -0.4 is 4.72 Å². The molecule has 5 nitrogen and oxygen atoms in total. The number of nitrogens with one attached hydrogen (secondary N) is 1. The SMILES string of the molecule is O=S(=O)(Nc1ccc(F)cc1Cl)C1C=CC2(CC1)OCCCO2. The second-order valence-corrected chi connectivity index (χ2v) is 7.88. The lowest BCUT2D eigenvalue weighted by Gasteiger charge is -2.38. The molecule has 0 amide bonds. The first-order valence-electron chi connectivity index (χ1n) is 7.34. The Morgan fingerprint density at radius 3 is 2.65 bits per heavy atom. The molecule has 1 aliphatic carbocycles. The van der Waals surface area contributed by atoms with Crippen molar-refractivity contribution in [1.29, 1.82) is 0 Å². The summed E-state index contributed by atoms with van der Waals surface area (Å²) < 4.78 is 51.6. The minimum Gasteiger partial charge on any atom is -0.346 e. The summed E-state index contributed by atoms with van der Waals surface area (Å²) in [5.74, 6) is -1.32. The molecule has 1 N–H and O–H groups in total. The largest absolute Gasteiger partial charge is 0.346 e. The maximum absolute atomic E-state index is 13.0. The van der Waals surface area contributed by atoms with Gasteiger partial charge in [-0.2, -0.15) is 0 Å². The molecule has 1 aliphatic heterocycles. The van der Waals surface area contributed by atoms with Gasteiger partial charge in [-0.05, 0) is 37.1 Å². The van der Waals surface area contributed by atoms with Crippen LogP contribution in [0.25, 0.3) is 0 Å². The molecule has 1 aromatic rings. The zero-order valence-corrected chi connectivity index (χ0v) is 13.9. The summed E-state index contributed by atoms with van der Waals surface area (Å²) in [6.45, 7) is 1.20. The first-order valence-corrected chi connectivity index (χ1v) is 9.27. The third-order valence-corrected chi connectivity index (χ3v) is 5.91. The quantitative estimate of drug-likeness (QED) is 0.840. The number of sulfonamides is 1. The number of halogens is 2. The number of rotatable bonds is 3. The van der Waals surface area contributed by atoms with Crippen molar-refractivity contribution in [3.8, 4) is 0 Å². The fourth-order valence-corrected chi connectivity index (χ4v) is 4.29. The van der Waals surface area contributed by atoms with Crippen LogP contribution in [0.2, 0.25) is 5.02 Å². The van der Waals surface area contributed by atoms with E-state index in [0.29, 0.717) is 26.1 Å². The molecule has 1 aromatic carbocycles. The van der Waals surface area contributed by atoms with Gasteiger partial charge in [0.05, 0.1) is 29.2 Å². The summed E-state index contributed by atoms with van der Waals surface area (Å²) in [5.41, 5.74) is 0.159. The first kappa shape index (κ1) is 16.7. The lowest BCUT2D eigenvalue weighted by Crippen LogP contribution is -2.43. The van der Waals surface area contributed by atoms with E-state index in [1.54, 1.807) is 12.2 Å². The highest BCUT2D eigenvalue weighted by molar-refractivity contribution is 7.93. The van der Waals surface area contributed by atoms with E-state index in [1.807, 2.05) is 0 Å². The number of anilines is 1. The van der Waals surface area contributed by atoms with Gasteiger partial charge in [-0.1, -0.05) is 17.7 Å². The van der Waals surface area contributed by atoms with Crippen LogP contribution in [-0.4, -0.2) is 32.7 Å². The van der Waals surface area contributed by atoms with Crippen LogP contribution in [0.1, 0.15) is 19.3 Å². The predicted octanol–water partition coefficient (Wildman–Crippen LogP) is 3.07. The van der Waals surface area contributed by atoms with Crippen molar-refractivity contribution >= 4 is 27.3 Å². The molecule has 8 heteroatoms. The Morgan fingerprint density at radius 2 is 2.04 bits per heavy atom. The number of hydrogen-bond donors (Lipinski definition) is 1. The van der Waals surface area contributed by atoms with E-state index in [9.17, 15) is 12.8 Å². The first-order chi connectivity index (χ1) is 10.9. The molecule has 0 saturated carbocycles. The molecule has 3 rings (SSSR count). The Kier molecular flexibility index (Phi) is 4.64. The smallest absolute Gasteiger partial charge is 0.239 e. The molecule has 1 saturated heterocycles. The lowest BCUT2D eigenvalue weighted by molar-refractivity contribution is -0.241. The van der Waals surface area contributed by atoms with Gasteiger partial charge in [0.15, 0.2) is 5.79 Å². The van der Waals surface area contributed by atoms with Crippen molar-refractivity contribution in [2.45, 2.75) is 30.3 Å². The van der Waals surface area contributed by atoms with Gasteiger partial charge < -0.3 is 9.47 Å². The third-order valence-electron chi connectivity index (χ3n) is 3.91. The van der Waals surface area contributed by atoms with E-state index in [4.69, 9.17) is 21.1 Å². The Hall–Kier alpha value is -1.15. The summed E-state index contributed by atoms with van der Waals surface area (Å²) in [4.78, 5) is 0. The summed E-state index contributed by atoms with van der Waals surface area (Å²) in [6.07, 6.45) is 4.92. The van der Waals surface area contributed by atoms with Crippen LogP contribution in [0.3, 0.4) is 0 Å². The van der Waals surface area contributed by atoms with Crippen molar-refractivity contribution in [3.63, 3.8) is 0 Å². The minimum atomic E-state index is -3.68. The number of ether oxygens (including phenoxy) is 2. The molecule has 0 aromatic heterocycles. The molecule has 2 aliphatic rings. The monoisotopic (exact) mass is 361 g/mol. The summed E-state index contributed by atoms with van der Waals surface area (Å²) >= 11 is 5.87. The van der Waals surface area contributed by atoms with E-state index in [-0.39, 0.29) is 10.7 Å². The molecule has 0 radical (unpaired) electrons. The van der Waals surface area contributed by atoms with Crippen molar-refractivity contribution in [3.05, 3.63) is 41.2 Å². The fourth-order valence-electron chi connectivity index (χ4n) is 2.67. The van der Waals surface area contributed by atoms with E-state index in [1.165, 1.54) is 6.07 Å².